The number of fused-ring (bicyclic) bond motifs is 7. The Morgan fingerprint density at radius 2 is 0.797 bits per heavy atom. The second-order valence-corrected chi connectivity index (χ2v) is 17.2. The minimum atomic E-state index is -0.232. The molecule has 4 heteroatoms. The third-order valence-electron chi connectivity index (χ3n) is 13.1. The number of nitrogens with zero attached hydrogens (tertiary/aromatic N) is 4. The third kappa shape index (κ3) is 6.26. The molecule has 4 nitrogen and oxygen atoms in total. The predicted octanol–water partition coefficient (Wildman–Crippen LogP) is 15.3. The Balaban J connectivity index is 0.895. The standard InChI is InChI=1S/C60H42N4/c1-60(2)53-22-11-9-20-49(53)51-36-37-52-50-21-10-12-23-54(50)64(56(52)55(51)60)59-62-57(45-16-7-4-8-17-45)61-58(63-59)46-34-32-43(33-35-46)41-26-24-40(25-27-41)42-28-30-44(31-29-42)48-19-13-18-47(38-48)39-14-5-3-6-15-39/h3-38H,1-2H3. The Hall–Kier alpha value is -8.21. The molecule has 0 fully saturated rings. The lowest BCUT2D eigenvalue weighted by Crippen LogP contribution is -2.17. The minimum absolute atomic E-state index is 0.232. The van der Waals surface area contributed by atoms with Crippen molar-refractivity contribution in [3.05, 3.63) is 230 Å². The molecule has 0 N–H and O–H groups in total. The monoisotopic (exact) mass is 818 g/mol. The molecule has 302 valence electrons. The van der Waals surface area contributed by atoms with Crippen molar-refractivity contribution in [1.29, 1.82) is 0 Å². The molecule has 0 radical (unpaired) electrons. The van der Waals surface area contributed by atoms with Crippen LogP contribution in [0.25, 0.3) is 106 Å². The summed E-state index contributed by atoms with van der Waals surface area (Å²) in [6.07, 6.45) is 0. The highest BCUT2D eigenvalue weighted by Crippen LogP contribution is 2.52. The summed E-state index contributed by atoms with van der Waals surface area (Å²) in [5, 5.41) is 2.36. The first-order valence-electron chi connectivity index (χ1n) is 21.9. The van der Waals surface area contributed by atoms with Crippen LogP contribution in [-0.2, 0) is 5.41 Å². The van der Waals surface area contributed by atoms with Gasteiger partial charge in [0.1, 0.15) is 0 Å². The Kier molecular flexibility index (Phi) is 8.80. The van der Waals surface area contributed by atoms with Crippen molar-refractivity contribution in [2.45, 2.75) is 19.3 Å². The van der Waals surface area contributed by atoms with Crippen LogP contribution in [0.4, 0.5) is 0 Å². The van der Waals surface area contributed by atoms with Crippen LogP contribution in [0.1, 0.15) is 25.0 Å². The van der Waals surface area contributed by atoms with Gasteiger partial charge in [0, 0.05) is 27.3 Å². The molecule has 1 aliphatic rings. The molecule has 11 aromatic rings. The lowest BCUT2D eigenvalue weighted by Gasteiger charge is -2.23. The molecule has 0 spiro atoms. The highest BCUT2D eigenvalue weighted by Gasteiger charge is 2.38. The topological polar surface area (TPSA) is 43.6 Å². The van der Waals surface area contributed by atoms with Gasteiger partial charge in [-0.3, -0.25) is 4.57 Å². The van der Waals surface area contributed by atoms with Gasteiger partial charge in [-0.1, -0.05) is 220 Å². The normalized spacial score (nSPS) is 12.7. The third-order valence-corrected chi connectivity index (χ3v) is 13.1. The maximum Gasteiger partial charge on any atom is 0.238 e. The molecule has 0 saturated heterocycles. The van der Waals surface area contributed by atoms with Crippen LogP contribution in [0.2, 0.25) is 0 Å². The number of aromatic nitrogens is 4. The van der Waals surface area contributed by atoms with Crippen molar-refractivity contribution >= 4 is 21.8 Å². The molecule has 64 heavy (non-hydrogen) atoms. The summed E-state index contributed by atoms with van der Waals surface area (Å²) in [4.78, 5) is 15.7. The number of hydrogen-bond acceptors (Lipinski definition) is 3. The molecule has 0 atom stereocenters. The van der Waals surface area contributed by atoms with Crippen molar-refractivity contribution in [3.8, 4) is 84.4 Å². The van der Waals surface area contributed by atoms with E-state index < -0.39 is 0 Å². The van der Waals surface area contributed by atoms with Crippen LogP contribution >= 0.6 is 0 Å². The van der Waals surface area contributed by atoms with Crippen molar-refractivity contribution in [2.24, 2.45) is 0 Å². The fraction of sp³-hybridized carbons (Fsp3) is 0.0500. The van der Waals surface area contributed by atoms with Gasteiger partial charge < -0.3 is 0 Å². The average molecular weight is 819 g/mol. The molecular formula is C60H42N4. The summed E-state index contributed by atoms with van der Waals surface area (Å²) in [7, 11) is 0. The molecule has 0 saturated carbocycles. The van der Waals surface area contributed by atoms with E-state index in [2.05, 4.69) is 219 Å². The first-order valence-corrected chi connectivity index (χ1v) is 21.9. The average Bonchev–Trinajstić information content (AvgIpc) is 3.83. The first kappa shape index (κ1) is 37.5. The largest absolute Gasteiger partial charge is 0.277 e. The van der Waals surface area contributed by atoms with Gasteiger partial charge in [0.05, 0.1) is 11.0 Å². The Morgan fingerprint density at radius 3 is 1.41 bits per heavy atom. The van der Waals surface area contributed by atoms with E-state index in [1.165, 1.54) is 66.4 Å². The fourth-order valence-electron chi connectivity index (χ4n) is 9.86. The number of rotatable bonds is 7. The van der Waals surface area contributed by atoms with Gasteiger partial charge in [-0.25, -0.2) is 4.98 Å². The van der Waals surface area contributed by atoms with Crippen molar-refractivity contribution in [3.63, 3.8) is 0 Å². The van der Waals surface area contributed by atoms with Crippen molar-refractivity contribution in [1.82, 2.24) is 19.5 Å². The molecule has 0 amide bonds. The van der Waals surface area contributed by atoms with Crippen LogP contribution < -0.4 is 0 Å². The van der Waals surface area contributed by atoms with E-state index in [9.17, 15) is 0 Å². The molecular weight excluding hydrogens is 777 g/mol. The highest BCUT2D eigenvalue weighted by atomic mass is 15.2. The molecule has 1 aliphatic carbocycles. The second kappa shape index (κ2) is 15.0. The summed E-state index contributed by atoms with van der Waals surface area (Å²) in [6, 6.07) is 77.8. The summed E-state index contributed by atoms with van der Waals surface area (Å²) < 4.78 is 2.28. The van der Waals surface area contributed by atoms with E-state index in [0.29, 0.717) is 17.6 Å². The lowest BCUT2D eigenvalue weighted by molar-refractivity contribution is 0.663. The summed E-state index contributed by atoms with van der Waals surface area (Å²) >= 11 is 0. The zero-order chi connectivity index (χ0) is 42.8. The van der Waals surface area contributed by atoms with Crippen LogP contribution in [-0.4, -0.2) is 19.5 Å². The van der Waals surface area contributed by atoms with Crippen molar-refractivity contribution in [2.75, 3.05) is 0 Å². The van der Waals surface area contributed by atoms with Gasteiger partial charge in [0.15, 0.2) is 11.6 Å². The van der Waals surface area contributed by atoms with E-state index in [-0.39, 0.29) is 5.41 Å². The number of para-hydroxylation sites is 1. The summed E-state index contributed by atoms with van der Waals surface area (Å²) in [5.41, 5.74) is 18.5. The maximum atomic E-state index is 5.33. The second-order valence-electron chi connectivity index (χ2n) is 17.2. The van der Waals surface area contributed by atoms with Crippen LogP contribution in [0, 0.1) is 0 Å². The number of hydrogen-bond donors (Lipinski definition) is 0. The number of benzene rings is 9. The van der Waals surface area contributed by atoms with E-state index in [0.717, 1.165) is 33.3 Å². The van der Waals surface area contributed by atoms with Gasteiger partial charge in [-0.2, -0.15) is 9.97 Å². The van der Waals surface area contributed by atoms with Gasteiger partial charge in [0.2, 0.25) is 5.95 Å². The first-order chi connectivity index (χ1) is 31.5. The smallest absolute Gasteiger partial charge is 0.238 e. The molecule has 9 aromatic carbocycles. The van der Waals surface area contributed by atoms with Gasteiger partial charge >= 0.3 is 0 Å². The molecule has 2 aromatic heterocycles. The quantitative estimate of drug-likeness (QED) is 0.161. The Morgan fingerprint density at radius 1 is 0.344 bits per heavy atom. The highest BCUT2D eigenvalue weighted by molar-refractivity contribution is 6.13. The van der Waals surface area contributed by atoms with Crippen LogP contribution in [0.5, 0.6) is 0 Å². The molecule has 2 heterocycles. The van der Waals surface area contributed by atoms with Crippen molar-refractivity contribution < 1.29 is 0 Å². The van der Waals surface area contributed by atoms with Gasteiger partial charge in [0.25, 0.3) is 0 Å². The SMILES string of the molecule is CC1(C)c2ccccc2-c2ccc3c4ccccc4n(-c4nc(-c5ccccc5)nc(-c5ccc(-c6ccc(-c7ccc(-c8cccc(-c9ccccc9)c8)cc7)cc6)cc5)n4)c3c21. The van der Waals surface area contributed by atoms with Crippen LogP contribution in [0.3, 0.4) is 0 Å². The molecule has 0 unspecified atom stereocenters. The summed E-state index contributed by atoms with van der Waals surface area (Å²) in [5.74, 6) is 1.86. The van der Waals surface area contributed by atoms with Gasteiger partial charge in [-0.05, 0) is 78.9 Å². The zero-order valence-electron chi connectivity index (χ0n) is 35.6. The zero-order valence-corrected chi connectivity index (χ0v) is 35.6. The molecule has 0 aliphatic heterocycles. The van der Waals surface area contributed by atoms with E-state index in [4.69, 9.17) is 15.0 Å². The Labute approximate surface area is 372 Å². The Bertz CT molecular complexity index is 3530. The van der Waals surface area contributed by atoms with E-state index in [1.807, 2.05) is 18.2 Å². The van der Waals surface area contributed by atoms with E-state index >= 15 is 0 Å². The fourth-order valence-corrected chi connectivity index (χ4v) is 9.86. The maximum absolute atomic E-state index is 5.33. The van der Waals surface area contributed by atoms with Crippen LogP contribution in [0.15, 0.2) is 218 Å². The molecule has 12 rings (SSSR count). The summed E-state index contributed by atoms with van der Waals surface area (Å²) in [6.45, 7) is 4.68. The predicted molar refractivity (Wildman–Crippen MR) is 264 cm³/mol. The van der Waals surface area contributed by atoms with Gasteiger partial charge in [-0.15, -0.1) is 0 Å². The minimum Gasteiger partial charge on any atom is -0.277 e. The lowest BCUT2D eigenvalue weighted by atomic mass is 9.81. The van der Waals surface area contributed by atoms with E-state index in [1.54, 1.807) is 0 Å². The molecule has 0 bridgehead atoms.